The number of imidazole rings is 1. The maximum Gasteiger partial charge on any atom is 0.217 e. The summed E-state index contributed by atoms with van der Waals surface area (Å²) in [4.78, 5) is 5.00. The molecule has 0 fully saturated rings. The van der Waals surface area contributed by atoms with Gasteiger partial charge in [0.25, 0.3) is 0 Å². The first-order chi connectivity index (χ1) is 22.2. The Balaban J connectivity index is 1.52. The molecule has 4 nitrogen and oxygen atoms in total. The van der Waals surface area contributed by atoms with Crippen LogP contribution in [0.3, 0.4) is 0 Å². The number of hydrogen-bond acceptors (Lipinski definition) is 3. The summed E-state index contributed by atoms with van der Waals surface area (Å²) in [6.45, 7) is 5.31. The molecular formula is C39H39BN2O2Si. The Kier molecular flexibility index (Phi) is 9.62. The summed E-state index contributed by atoms with van der Waals surface area (Å²) in [5.74, 6) is 1.97. The van der Waals surface area contributed by atoms with Crippen molar-refractivity contribution >= 4 is 36.6 Å². The maximum atomic E-state index is 6.06. The number of ether oxygens (including phenoxy) is 2. The number of aromatic nitrogens is 2. The summed E-state index contributed by atoms with van der Waals surface area (Å²) in [6.07, 6.45) is 4.90. The zero-order valence-corrected chi connectivity index (χ0v) is 27.1. The second kappa shape index (κ2) is 14.3. The Labute approximate surface area is 268 Å². The van der Waals surface area contributed by atoms with Crippen molar-refractivity contribution < 1.29 is 9.47 Å². The van der Waals surface area contributed by atoms with Gasteiger partial charge in [0.15, 0.2) is 8.07 Å². The second-order valence-electron chi connectivity index (χ2n) is 11.2. The summed E-state index contributed by atoms with van der Waals surface area (Å²) >= 11 is 0. The Morgan fingerprint density at radius 3 is 1.62 bits per heavy atom. The van der Waals surface area contributed by atoms with E-state index in [0.717, 1.165) is 30.7 Å². The highest BCUT2D eigenvalue weighted by Gasteiger charge is 2.41. The van der Waals surface area contributed by atoms with Gasteiger partial charge in [0.2, 0.25) is 7.28 Å². The molecule has 224 valence electrons. The molecule has 0 saturated carbocycles. The van der Waals surface area contributed by atoms with Crippen molar-refractivity contribution in [2.24, 2.45) is 0 Å². The monoisotopic (exact) mass is 606 g/mol. The fourth-order valence-electron chi connectivity index (χ4n) is 6.44. The largest absolute Gasteiger partial charge is 0.494 e. The van der Waals surface area contributed by atoms with E-state index < -0.39 is 8.07 Å². The fourth-order valence-corrected chi connectivity index (χ4v) is 11.1. The van der Waals surface area contributed by atoms with E-state index in [2.05, 4.69) is 150 Å². The molecule has 45 heavy (non-hydrogen) atoms. The van der Waals surface area contributed by atoms with E-state index >= 15 is 0 Å². The van der Waals surface area contributed by atoms with Crippen molar-refractivity contribution in [1.82, 2.24) is 9.55 Å². The van der Waals surface area contributed by atoms with Crippen molar-refractivity contribution in [3.05, 3.63) is 163 Å². The highest BCUT2D eigenvalue weighted by atomic mass is 28.3. The molecule has 0 bridgehead atoms. The molecule has 6 heteroatoms. The molecule has 5 aromatic carbocycles. The van der Waals surface area contributed by atoms with Crippen LogP contribution in [-0.4, -0.2) is 38.1 Å². The van der Waals surface area contributed by atoms with Crippen LogP contribution in [0, 0.1) is 0 Å². The molecule has 0 aliphatic rings. The quantitative estimate of drug-likeness (QED) is 0.133. The zero-order valence-electron chi connectivity index (χ0n) is 26.1. The van der Waals surface area contributed by atoms with Gasteiger partial charge in [0, 0.05) is 18.6 Å². The first-order valence-electron chi connectivity index (χ1n) is 15.8. The van der Waals surface area contributed by atoms with Crippen molar-refractivity contribution in [3.8, 4) is 11.5 Å². The van der Waals surface area contributed by atoms with Crippen molar-refractivity contribution in [2.45, 2.75) is 25.8 Å². The van der Waals surface area contributed by atoms with Crippen LogP contribution in [0.25, 0.3) is 0 Å². The normalized spacial score (nSPS) is 11.4. The van der Waals surface area contributed by atoms with E-state index in [-0.39, 0.29) is 5.82 Å². The van der Waals surface area contributed by atoms with Crippen molar-refractivity contribution in [3.63, 3.8) is 0 Å². The van der Waals surface area contributed by atoms with Crippen LogP contribution in [-0.2, 0) is 6.17 Å². The minimum Gasteiger partial charge on any atom is -0.494 e. The van der Waals surface area contributed by atoms with E-state index in [1.807, 2.05) is 20.0 Å². The van der Waals surface area contributed by atoms with E-state index in [1.54, 1.807) is 0 Å². The number of nitrogens with zero attached hydrogens (tertiary/aromatic N) is 2. The standard InChI is InChI=1S/C39H39BN2O2Si/c1-3-43-33-20-14-24-36(28-33)45(35-22-12-7-13-23-35,37-25-15-21-34(29-37)44-4-2)30-42-27-26-41-39(42)40-38(31-16-8-5-9-17-31)32-18-10-6-11-19-32/h5-29,38,40H,3-4,30H2,1-2H3. The topological polar surface area (TPSA) is 36.3 Å². The van der Waals surface area contributed by atoms with E-state index in [1.165, 1.54) is 26.7 Å². The maximum absolute atomic E-state index is 6.06. The molecule has 1 heterocycles. The second-order valence-corrected chi connectivity index (χ2v) is 15.1. The lowest BCUT2D eigenvalue weighted by Crippen LogP contribution is -2.70. The molecular weight excluding hydrogens is 567 g/mol. The van der Waals surface area contributed by atoms with E-state index in [4.69, 9.17) is 14.5 Å². The van der Waals surface area contributed by atoms with Crippen molar-refractivity contribution in [1.29, 1.82) is 0 Å². The van der Waals surface area contributed by atoms with Gasteiger partial charge in [-0.25, -0.2) is 0 Å². The molecule has 0 amide bonds. The zero-order chi connectivity index (χ0) is 30.9. The summed E-state index contributed by atoms with van der Waals surface area (Å²) in [7, 11) is -1.94. The Morgan fingerprint density at radius 1 is 0.622 bits per heavy atom. The molecule has 1 aromatic heterocycles. The van der Waals surface area contributed by atoms with Gasteiger partial charge >= 0.3 is 0 Å². The lowest BCUT2D eigenvalue weighted by molar-refractivity contribution is 0.340. The Hall–Kier alpha value is -4.81. The third-order valence-electron chi connectivity index (χ3n) is 8.54. The lowest BCUT2D eigenvalue weighted by Gasteiger charge is -2.35. The van der Waals surface area contributed by atoms with Gasteiger partial charge in [-0.2, -0.15) is 0 Å². The number of rotatable bonds is 13. The molecule has 0 atom stereocenters. The third kappa shape index (κ3) is 6.66. The van der Waals surface area contributed by atoms with Gasteiger partial charge in [0.1, 0.15) is 11.5 Å². The SMILES string of the molecule is CCOc1cccc([Si](Cn2ccnc2BC(c2ccccc2)c2ccccc2)(c2ccccc2)c2cccc(OCC)c2)c1. The predicted molar refractivity (Wildman–Crippen MR) is 190 cm³/mol. The van der Waals surface area contributed by atoms with Gasteiger partial charge in [-0.05, 0) is 70.6 Å². The van der Waals surface area contributed by atoms with Crippen LogP contribution in [0.2, 0.25) is 0 Å². The summed E-state index contributed by atoms with van der Waals surface area (Å²) in [5, 5.41) is 3.90. The van der Waals surface area contributed by atoms with Crippen LogP contribution in [0.15, 0.2) is 152 Å². The smallest absolute Gasteiger partial charge is 0.217 e. The van der Waals surface area contributed by atoms with Crippen LogP contribution in [0.4, 0.5) is 0 Å². The highest BCUT2D eigenvalue weighted by Crippen LogP contribution is 2.24. The molecule has 0 radical (unpaired) electrons. The first-order valence-corrected chi connectivity index (χ1v) is 18.0. The van der Waals surface area contributed by atoms with Crippen LogP contribution < -0.4 is 30.8 Å². The van der Waals surface area contributed by atoms with Gasteiger partial charge in [-0.1, -0.05) is 115 Å². The van der Waals surface area contributed by atoms with E-state index in [0.29, 0.717) is 13.2 Å². The van der Waals surface area contributed by atoms with Crippen LogP contribution in [0.1, 0.15) is 30.8 Å². The molecule has 0 aliphatic heterocycles. The van der Waals surface area contributed by atoms with Crippen LogP contribution in [0.5, 0.6) is 11.5 Å². The lowest BCUT2D eigenvalue weighted by atomic mass is 9.58. The average molecular weight is 607 g/mol. The summed E-state index contributed by atoms with van der Waals surface area (Å²) in [5.41, 5.74) is 3.65. The first kappa shape index (κ1) is 30.2. The number of hydrogen-bond donors (Lipinski definition) is 0. The number of benzene rings is 5. The molecule has 0 spiro atoms. The molecule has 6 rings (SSSR count). The highest BCUT2D eigenvalue weighted by molar-refractivity contribution is 7.10. The van der Waals surface area contributed by atoms with Crippen molar-refractivity contribution in [2.75, 3.05) is 13.2 Å². The minimum atomic E-state index is -2.73. The Bertz CT molecular complexity index is 1710. The third-order valence-corrected chi connectivity index (χ3v) is 13.3. The van der Waals surface area contributed by atoms with Gasteiger partial charge in [-0.3, -0.25) is 4.98 Å². The molecule has 0 aliphatic carbocycles. The molecule has 6 aromatic rings. The average Bonchev–Trinajstić information content (AvgIpc) is 3.54. The molecule has 0 unspecified atom stereocenters. The predicted octanol–water partition coefficient (Wildman–Crippen LogP) is 5.24. The molecule has 0 N–H and O–H groups in total. The van der Waals surface area contributed by atoms with Gasteiger partial charge < -0.3 is 14.0 Å². The van der Waals surface area contributed by atoms with E-state index in [9.17, 15) is 0 Å². The molecule has 0 saturated heterocycles. The summed E-state index contributed by atoms with van der Waals surface area (Å²) < 4.78 is 14.5. The summed E-state index contributed by atoms with van der Waals surface area (Å²) in [6, 6.07) is 50.0. The van der Waals surface area contributed by atoms with Gasteiger partial charge in [-0.15, -0.1) is 0 Å². The van der Waals surface area contributed by atoms with Crippen LogP contribution >= 0.6 is 0 Å². The fraction of sp³-hybridized carbons (Fsp3) is 0.154. The minimum absolute atomic E-state index is 0.184. The van der Waals surface area contributed by atoms with Gasteiger partial charge in [0.05, 0.1) is 18.9 Å². The Morgan fingerprint density at radius 2 is 1.11 bits per heavy atom.